The third kappa shape index (κ3) is 2.90. The second-order valence-electron chi connectivity index (χ2n) is 4.57. The van der Waals surface area contributed by atoms with Crippen LogP contribution < -0.4 is 5.73 Å². The molecule has 1 aliphatic heterocycles. The van der Waals surface area contributed by atoms with Gasteiger partial charge in [-0.3, -0.25) is 0 Å². The lowest BCUT2D eigenvalue weighted by Crippen LogP contribution is -2.43. The van der Waals surface area contributed by atoms with Crippen molar-refractivity contribution in [3.8, 4) is 0 Å². The first-order chi connectivity index (χ1) is 8.72. The molecule has 0 atom stereocenters. The minimum Gasteiger partial charge on any atom is -0.398 e. The van der Waals surface area contributed by atoms with Crippen molar-refractivity contribution >= 4 is 25.5 Å². The van der Waals surface area contributed by atoms with Crippen LogP contribution in [0.25, 0.3) is 0 Å². The van der Waals surface area contributed by atoms with E-state index in [-0.39, 0.29) is 29.5 Å². The molecule has 0 saturated carbocycles. The van der Waals surface area contributed by atoms with Gasteiger partial charge in [-0.1, -0.05) is 6.07 Å². The van der Waals surface area contributed by atoms with E-state index in [1.165, 1.54) is 16.4 Å². The topological polar surface area (TPSA) is 97.5 Å². The number of hydrogen-bond donors (Lipinski definition) is 1. The molecule has 0 amide bonds. The van der Waals surface area contributed by atoms with Gasteiger partial charge in [-0.25, -0.2) is 16.8 Å². The van der Waals surface area contributed by atoms with Gasteiger partial charge >= 0.3 is 0 Å². The van der Waals surface area contributed by atoms with Crippen LogP contribution in [0, 0.1) is 6.92 Å². The summed E-state index contributed by atoms with van der Waals surface area (Å²) in [4.78, 5) is 0.106. The molecule has 1 aliphatic rings. The molecule has 0 unspecified atom stereocenters. The van der Waals surface area contributed by atoms with Crippen LogP contribution in [-0.2, 0) is 19.9 Å². The van der Waals surface area contributed by atoms with Crippen LogP contribution in [0.5, 0.6) is 0 Å². The Hall–Kier alpha value is -1.12. The zero-order valence-electron chi connectivity index (χ0n) is 10.5. The number of sulfonamides is 1. The Labute approximate surface area is 113 Å². The number of aryl methyl sites for hydroxylation is 1. The van der Waals surface area contributed by atoms with Gasteiger partial charge in [0, 0.05) is 18.8 Å². The maximum Gasteiger partial charge on any atom is 0.243 e. The van der Waals surface area contributed by atoms with Crippen molar-refractivity contribution in [3.05, 3.63) is 23.8 Å². The highest BCUT2D eigenvalue weighted by Crippen LogP contribution is 2.22. The third-order valence-corrected chi connectivity index (χ3v) is 6.70. The lowest BCUT2D eigenvalue weighted by molar-refractivity contribution is 0.431. The fourth-order valence-corrected chi connectivity index (χ4v) is 4.77. The largest absolute Gasteiger partial charge is 0.398 e. The van der Waals surface area contributed by atoms with E-state index in [0.717, 1.165) is 5.56 Å². The highest BCUT2D eigenvalue weighted by Gasteiger charge is 2.31. The van der Waals surface area contributed by atoms with Gasteiger partial charge in [0.1, 0.15) is 0 Å². The van der Waals surface area contributed by atoms with Crippen LogP contribution in [0.3, 0.4) is 0 Å². The number of anilines is 1. The molecular formula is C11H16N2O4S2. The van der Waals surface area contributed by atoms with E-state index >= 15 is 0 Å². The molecule has 1 fully saturated rings. The quantitative estimate of drug-likeness (QED) is 0.775. The average Bonchev–Trinajstić information content (AvgIpc) is 2.32. The molecule has 1 aromatic carbocycles. The molecule has 106 valence electrons. The highest BCUT2D eigenvalue weighted by atomic mass is 32.2. The SMILES string of the molecule is Cc1ccc(S(=O)(=O)N2CCS(=O)(=O)CC2)cc1N. The minimum atomic E-state index is -3.66. The van der Waals surface area contributed by atoms with Crippen LogP contribution in [0.2, 0.25) is 0 Å². The molecule has 0 bridgehead atoms. The number of nitrogens with zero attached hydrogens (tertiary/aromatic N) is 1. The van der Waals surface area contributed by atoms with Gasteiger partial charge in [-0.2, -0.15) is 4.31 Å². The summed E-state index contributed by atoms with van der Waals surface area (Å²) in [6.07, 6.45) is 0. The molecule has 19 heavy (non-hydrogen) atoms. The van der Waals surface area contributed by atoms with Crippen molar-refractivity contribution in [3.63, 3.8) is 0 Å². The van der Waals surface area contributed by atoms with Crippen LogP contribution in [0.1, 0.15) is 5.56 Å². The molecule has 2 rings (SSSR count). The normalized spacial score (nSPS) is 20.3. The van der Waals surface area contributed by atoms with Crippen LogP contribution >= 0.6 is 0 Å². The molecule has 0 radical (unpaired) electrons. The number of sulfone groups is 1. The van der Waals surface area contributed by atoms with Crippen molar-refractivity contribution in [1.29, 1.82) is 0 Å². The number of benzene rings is 1. The van der Waals surface area contributed by atoms with E-state index in [9.17, 15) is 16.8 Å². The van der Waals surface area contributed by atoms with Crippen LogP contribution in [0.15, 0.2) is 23.1 Å². The fourth-order valence-electron chi connectivity index (χ4n) is 1.86. The van der Waals surface area contributed by atoms with Crippen molar-refractivity contribution < 1.29 is 16.8 Å². The Kier molecular flexibility index (Phi) is 3.59. The van der Waals surface area contributed by atoms with E-state index in [1.54, 1.807) is 13.0 Å². The zero-order chi connectivity index (χ0) is 14.3. The molecule has 1 saturated heterocycles. The Bertz CT molecular complexity index is 681. The highest BCUT2D eigenvalue weighted by molar-refractivity contribution is 7.92. The van der Waals surface area contributed by atoms with E-state index in [0.29, 0.717) is 5.69 Å². The molecule has 0 aromatic heterocycles. The predicted molar refractivity (Wildman–Crippen MR) is 73.0 cm³/mol. The summed E-state index contributed by atoms with van der Waals surface area (Å²) in [6.45, 7) is 1.79. The fraction of sp³-hybridized carbons (Fsp3) is 0.455. The molecule has 8 heteroatoms. The molecule has 2 N–H and O–H groups in total. The Balaban J connectivity index is 2.30. The number of nitrogens with two attached hydrogens (primary N) is 1. The van der Waals surface area contributed by atoms with Crippen molar-refractivity contribution in [2.45, 2.75) is 11.8 Å². The summed E-state index contributed by atoms with van der Waals surface area (Å²) >= 11 is 0. The van der Waals surface area contributed by atoms with E-state index in [4.69, 9.17) is 5.73 Å². The molecule has 6 nitrogen and oxygen atoms in total. The maximum absolute atomic E-state index is 12.3. The number of hydrogen-bond acceptors (Lipinski definition) is 5. The summed E-state index contributed by atoms with van der Waals surface area (Å²) in [7, 11) is -6.77. The van der Waals surface area contributed by atoms with Gasteiger partial charge in [0.2, 0.25) is 10.0 Å². The molecule has 1 heterocycles. The second-order valence-corrected chi connectivity index (χ2v) is 8.82. The third-order valence-electron chi connectivity index (χ3n) is 3.19. The van der Waals surface area contributed by atoms with Gasteiger partial charge in [0.25, 0.3) is 0 Å². The van der Waals surface area contributed by atoms with E-state index in [1.807, 2.05) is 0 Å². The van der Waals surface area contributed by atoms with Gasteiger partial charge in [-0.15, -0.1) is 0 Å². The maximum atomic E-state index is 12.3. The van der Waals surface area contributed by atoms with Gasteiger partial charge < -0.3 is 5.73 Å². The first-order valence-electron chi connectivity index (χ1n) is 5.79. The first-order valence-corrected chi connectivity index (χ1v) is 9.05. The standard InChI is InChI=1S/C11H16N2O4S2/c1-9-2-3-10(8-11(9)12)19(16,17)13-4-6-18(14,15)7-5-13/h2-3,8H,4-7,12H2,1H3. The lowest BCUT2D eigenvalue weighted by Gasteiger charge is -2.26. The molecule has 0 spiro atoms. The van der Waals surface area contributed by atoms with Crippen LogP contribution in [0.4, 0.5) is 5.69 Å². The van der Waals surface area contributed by atoms with Crippen LogP contribution in [-0.4, -0.2) is 45.7 Å². The number of nitrogen functional groups attached to an aromatic ring is 1. The van der Waals surface area contributed by atoms with Gasteiger partial charge in [0.15, 0.2) is 9.84 Å². The summed E-state index contributed by atoms with van der Waals surface area (Å²) in [5, 5.41) is 0. The zero-order valence-corrected chi connectivity index (χ0v) is 12.2. The summed E-state index contributed by atoms with van der Waals surface area (Å²) < 4.78 is 48.5. The predicted octanol–water partition coefficient (Wildman–Crippen LogP) is -0.00368. The number of rotatable bonds is 2. The Morgan fingerprint density at radius 2 is 1.79 bits per heavy atom. The monoisotopic (exact) mass is 304 g/mol. The van der Waals surface area contributed by atoms with Crippen molar-refractivity contribution in [2.75, 3.05) is 30.3 Å². The van der Waals surface area contributed by atoms with Crippen molar-refractivity contribution in [1.82, 2.24) is 4.31 Å². The first kappa shape index (κ1) is 14.3. The van der Waals surface area contributed by atoms with E-state index in [2.05, 4.69) is 0 Å². The summed E-state index contributed by atoms with van der Waals surface area (Å²) in [6, 6.07) is 4.54. The van der Waals surface area contributed by atoms with Gasteiger partial charge in [0.05, 0.1) is 16.4 Å². The molecule has 1 aromatic rings. The Morgan fingerprint density at radius 1 is 1.21 bits per heavy atom. The minimum absolute atomic E-state index is 0.00154. The average molecular weight is 304 g/mol. The van der Waals surface area contributed by atoms with Crippen molar-refractivity contribution in [2.24, 2.45) is 0 Å². The smallest absolute Gasteiger partial charge is 0.243 e. The lowest BCUT2D eigenvalue weighted by atomic mass is 10.2. The molecule has 0 aliphatic carbocycles. The van der Waals surface area contributed by atoms with E-state index < -0.39 is 19.9 Å². The second kappa shape index (κ2) is 4.77. The summed E-state index contributed by atoms with van der Waals surface area (Å²) in [5.74, 6) is -0.263. The van der Waals surface area contributed by atoms with Gasteiger partial charge in [-0.05, 0) is 24.6 Å². The molecular weight excluding hydrogens is 288 g/mol. The summed E-state index contributed by atoms with van der Waals surface area (Å²) in [5.41, 5.74) is 6.92. The Morgan fingerprint density at radius 3 is 2.32 bits per heavy atom.